The first-order valence-corrected chi connectivity index (χ1v) is 8.63. The Morgan fingerprint density at radius 2 is 1.78 bits per heavy atom. The van der Waals surface area contributed by atoms with Crippen LogP contribution in [0.3, 0.4) is 0 Å². The molecule has 1 heterocycles. The first-order valence-electron chi connectivity index (χ1n) is 8.63. The molecular formula is C20H19N3O4. The summed E-state index contributed by atoms with van der Waals surface area (Å²) in [5.41, 5.74) is 1.73. The van der Waals surface area contributed by atoms with E-state index < -0.39 is 5.76 Å². The Labute approximate surface area is 155 Å². The molecule has 0 atom stereocenters. The molecule has 0 radical (unpaired) electrons. The Kier molecular flexibility index (Phi) is 5.61. The molecule has 3 aromatic rings. The zero-order valence-corrected chi connectivity index (χ0v) is 14.8. The summed E-state index contributed by atoms with van der Waals surface area (Å²) < 4.78 is 5.93. The molecule has 1 N–H and O–H groups in total. The molecule has 0 unspecified atom stereocenters. The molecule has 0 saturated heterocycles. The number of carbonyl (C=O) groups is 2. The van der Waals surface area contributed by atoms with Crippen LogP contribution in [0.5, 0.6) is 0 Å². The van der Waals surface area contributed by atoms with E-state index in [1.54, 1.807) is 36.4 Å². The first kappa shape index (κ1) is 18.3. The van der Waals surface area contributed by atoms with Crippen LogP contribution in [0.4, 0.5) is 5.69 Å². The van der Waals surface area contributed by atoms with Gasteiger partial charge in [0.2, 0.25) is 5.91 Å². The second-order valence-corrected chi connectivity index (χ2v) is 6.02. The number of nitrogens with one attached hydrogen (secondary N) is 1. The number of nitrogens with zero attached hydrogens (tertiary/aromatic N) is 2. The number of anilines is 1. The fraction of sp³-hybridized carbons (Fsp3) is 0.200. The molecule has 0 fully saturated rings. The molecule has 138 valence electrons. The Balaban J connectivity index is 1.76. The maximum Gasteiger partial charge on any atom is 0.442 e. The van der Waals surface area contributed by atoms with E-state index >= 15 is 0 Å². The van der Waals surface area contributed by atoms with Crippen molar-refractivity contribution in [2.24, 2.45) is 0 Å². The van der Waals surface area contributed by atoms with Crippen LogP contribution in [0.2, 0.25) is 0 Å². The van der Waals surface area contributed by atoms with Crippen molar-refractivity contribution in [3.8, 4) is 11.4 Å². The molecule has 0 bridgehead atoms. The fourth-order valence-electron chi connectivity index (χ4n) is 2.63. The van der Waals surface area contributed by atoms with Gasteiger partial charge in [0.25, 0.3) is 0 Å². The highest BCUT2D eigenvalue weighted by atomic mass is 16.5. The zero-order chi connectivity index (χ0) is 19.2. The van der Waals surface area contributed by atoms with Crippen molar-refractivity contribution in [2.75, 3.05) is 5.32 Å². The molecule has 0 spiro atoms. The van der Waals surface area contributed by atoms with Crippen molar-refractivity contribution in [1.82, 2.24) is 9.72 Å². The first-order chi connectivity index (χ1) is 13.1. The highest BCUT2D eigenvalue weighted by molar-refractivity contribution is 5.97. The molecule has 1 amide bonds. The minimum atomic E-state index is -0.689. The SMILES string of the molecule is CCCC(=O)Nc1ccc(C(=O)Cn2c(-c3ccccc3)noc2=O)cc1. The monoisotopic (exact) mass is 365 g/mol. The largest absolute Gasteiger partial charge is 0.442 e. The number of rotatable bonds is 7. The summed E-state index contributed by atoms with van der Waals surface area (Å²) in [6.45, 7) is 1.74. The lowest BCUT2D eigenvalue weighted by atomic mass is 10.1. The van der Waals surface area contributed by atoms with Crippen molar-refractivity contribution in [3.63, 3.8) is 0 Å². The average Bonchev–Trinajstić information content (AvgIpc) is 3.03. The number of hydrogen-bond donors (Lipinski definition) is 1. The lowest BCUT2D eigenvalue weighted by Gasteiger charge is -2.07. The maximum atomic E-state index is 12.6. The highest BCUT2D eigenvalue weighted by Gasteiger charge is 2.16. The minimum absolute atomic E-state index is 0.0693. The van der Waals surface area contributed by atoms with Gasteiger partial charge < -0.3 is 5.32 Å². The van der Waals surface area contributed by atoms with Gasteiger partial charge in [-0.1, -0.05) is 42.4 Å². The van der Waals surface area contributed by atoms with E-state index in [2.05, 4.69) is 10.5 Å². The van der Waals surface area contributed by atoms with E-state index in [9.17, 15) is 14.4 Å². The third kappa shape index (κ3) is 4.38. The molecule has 0 saturated carbocycles. The number of benzene rings is 2. The normalized spacial score (nSPS) is 10.6. The van der Waals surface area contributed by atoms with Gasteiger partial charge >= 0.3 is 5.76 Å². The number of Topliss-reactive ketones (excluding diaryl/α,β-unsaturated/α-hetero) is 1. The molecule has 0 aliphatic heterocycles. The molecule has 3 rings (SSSR count). The molecule has 1 aromatic heterocycles. The second kappa shape index (κ2) is 8.27. The van der Waals surface area contributed by atoms with Gasteiger partial charge in [0.15, 0.2) is 11.6 Å². The van der Waals surface area contributed by atoms with Crippen LogP contribution in [-0.4, -0.2) is 21.4 Å². The molecule has 7 heteroatoms. The van der Waals surface area contributed by atoms with Gasteiger partial charge in [-0.3, -0.25) is 14.1 Å². The second-order valence-electron chi connectivity index (χ2n) is 6.02. The third-order valence-corrected chi connectivity index (χ3v) is 3.99. The number of carbonyl (C=O) groups excluding carboxylic acids is 2. The topological polar surface area (TPSA) is 94.2 Å². The van der Waals surface area contributed by atoms with Gasteiger partial charge in [-0.15, -0.1) is 0 Å². The summed E-state index contributed by atoms with van der Waals surface area (Å²) in [5.74, 6) is -0.716. The van der Waals surface area contributed by atoms with Crippen LogP contribution in [0.15, 0.2) is 63.9 Å². The van der Waals surface area contributed by atoms with Gasteiger partial charge in [-0.05, 0) is 30.7 Å². The van der Waals surface area contributed by atoms with E-state index in [0.29, 0.717) is 29.1 Å². The third-order valence-electron chi connectivity index (χ3n) is 3.99. The van der Waals surface area contributed by atoms with Gasteiger partial charge in [0.1, 0.15) is 0 Å². The van der Waals surface area contributed by atoms with E-state index in [0.717, 1.165) is 6.42 Å². The number of aromatic nitrogens is 2. The molecule has 0 aliphatic carbocycles. The summed E-state index contributed by atoms with van der Waals surface area (Å²) in [6, 6.07) is 15.6. The van der Waals surface area contributed by atoms with Crippen molar-refractivity contribution in [2.45, 2.75) is 26.3 Å². The van der Waals surface area contributed by atoms with Crippen LogP contribution >= 0.6 is 0 Å². The Morgan fingerprint density at radius 1 is 1.07 bits per heavy atom. The summed E-state index contributed by atoms with van der Waals surface area (Å²) in [5, 5.41) is 6.54. The van der Waals surface area contributed by atoms with Crippen molar-refractivity contribution in [1.29, 1.82) is 0 Å². The van der Waals surface area contributed by atoms with Crippen molar-refractivity contribution < 1.29 is 14.1 Å². The van der Waals surface area contributed by atoms with Crippen molar-refractivity contribution >= 4 is 17.4 Å². The van der Waals surface area contributed by atoms with Gasteiger partial charge in [0.05, 0.1) is 6.54 Å². The molecule has 2 aromatic carbocycles. The predicted octanol–water partition coefficient (Wildman–Crippen LogP) is 3.12. The standard InChI is InChI=1S/C20H19N3O4/c1-2-6-18(25)21-16-11-9-14(10-12-16)17(24)13-23-19(22-27-20(23)26)15-7-4-3-5-8-15/h3-5,7-12H,2,6,13H2,1H3,(H,21,25). The highest BCUT2D eigenvalue weighted by Crippen LogP contribution is 2.16. The molecule has 0 aliphatic rings. The van der Waals surface area contributed by atoms with E-state index in [1.807, 2.05) is 25.1 Å². The van der Waals surface area contributed by atoms with Gasteiger partial charge in [0, 0.05) is 23.2 Å². The van der Waals surface area contributed by atoms with Crippen LogP contribution in [0, 0.1) is 0 Å². The fourth-order valence-corrected chi connectivity index (χ4v) is 2.63. The van der Waals surface area contributed by atoms with Gasteiger partial charge in [-0.25, -0.2) is 9.36 Å². The maximum absolute atomic E-state index is 12.6. The average molecular weight is 365 g/mol. The number of ketones is 1. The Bertz CT molecular complexity index is 988. The lowest BCUT2D eigenvalue weighted by molar-refractivity contribution is -0.116. The minimum Gasteiger partial charge on any atom is -0.326 e. The Hall–Kier alpha value is -3.48. The van der Waals surface area contributed by atoms with E-state index in [-0.39, 0.29) is 18.2 Å². The van der Waals surface area contributed by atoms with E-state index in [1.165, 1.54) is 4.57 Å². The predicted molar refractivity (Wildman–Crippen MR) is 101 cm³/mol. The van der Waals surface area contributed by atoms with Crippen LogP contribution < -0.4 is 11.1 Å². The van der Waals surface area contributed by atoms with E-state index in [4.69, 9.17) is 4.52 Å². The smallest absolute Gasteiger partial charge is 0.326 e. The molecular weight excluding hydrogens is 346 g/mol. The zero-order valence-electron chi connectivity index (χ0n) is 14.8. The van der Waals surface area contributed by atoms with Crippen molar-refractivity contribution in [3.05, 3.63) is 70.7 Å². The summed E-state index contributed by atoms with van der Waals surface area (Å²) in [7, 11) is 0. The molecule has 7 nitrogen and oxygen atoms in total. The number of hydrogen-bond acceptors (Lipinski definition) is 5. The summed E-state index contributed by atoms with van der Waals surface area (Å²) in [4.78, 5) is 36.1. The molecule has 27 heavy (non-hydrogen) atoms. The number of amides is 1. The van der Waals surface area contributed by atoms with Gasteiger partial charge in [-0.2, -0.15) is 0 Å². The summed E-state index contributed by atoms with van der Waals surface area (Å²) in [6.07, 6.45) is 1.21. The van der Waals surface area contributed by atoms with Crippen LogP contribution in [-0.2, 0) is 11.3 Å². The van der Waals surface area contributed by atoms with Crippen LogP contribution in [0.1, 0.15) is 30.1 Å². The quantitative estimate of drug-likeness (QED) is 0.649. The Morgan fingerprint density at radius 3 is 2.44 bits per heavy atom. The summed E-state index contributed by atoms with van der Waals surface area (Å²) >= 11 is 0. The van der Waals surface area contributed by atoms with Crippen LogP contribution in [0.25, 0.3) is 11.4 Å². The lowest BCUT2D eigenvalue weighted by Crippen LogP contribution is -2.21.